The third-order valence-corrected chi connectivity index (χ3v) is 4.95. The molecule has 2 N–H and O–H groups in total. The van der Waals surface area contributed by atoms with Crippen molar-refractivity contribution in [1.82, 2.24) is 10.2 Å². The molecule has 23 heavy (non-hydrogen) atoms. The van der Waals surface area contributed by atoms with Crippen molar-refractivity contribution in [2.24, 2.45) is 5.92 Å². The van der Waals surface area contributed by atoms with Crippen molar-refractivity contribution in [2.45, 2.75) is 25.3 Å². The van der Waals surface area contributed by atoms with Crippen LogP contribution in [0, 0.1) is 17.6 Å². The summed E-state index contributed by atoms with van der Waals surface area (Å²) in [5.74, 6) is -2.09. The quantitative estimate of drug-likeness (QED) is 0.704. The van der Waals surface area contributed by atoms with Gasteiger partial charge in [0.05, 0.1) is 4.47 Å². The number of hydrogen-bond donors (Lipinski definition) is 2. The summed E-state index contributed by atoms with van der Waals surface area (Å²) in [4.78, 5) is 2.26. The predicted octanol–water partition coefficient (Wildman–Crippen LogP) is 4.02. The van der Waals surface area contributed by atoms with E-state index in [1.54, 1.807) is 0 Å². The Balaban J connectivity index is 0.00000132. The average molecular weight is 434 g/mol. The van der Waals surface area contributed by atoms with E-state index in [1.165, 1.54) is 18.9 Å². The Morgan fingerprint density at radius 2 is 1.83 bits per heavy atom. The van der Waals surface area contributed by atoms with E-state index in [-0.39, 0.29) is 35.3 Å². The van der Waals surface area contributed by atoms with E-state index in [1.807, 2.05) is 0 Å². The SMILES string of the molecule is Cl.Cl.Oc1c([C@H](CC2CC2)N2CCNCC2)cc(Br)c(F)c1F. The molecule has 1 aliphatic carbocycles. The molecule has 1 saturated heterocycles. The molecule has 2 fully saturated rings. The first kappa shape index (κ1) is 20.9. The van der Waals surface area contributed by atoms with Crippen LogP contribution in [0.2, 0.25) is 0 Å². The van der Waals surface area contributed by atoms with Crippen LogP contribution in [0.1, 0.15) is 30.9 Å². The molecule has 2 aliphatic rings. The lowest BCUT2D eigenvalue weighted by Crippen LogP contribution is -2.45. The summed E-state index contributed by atoms with van der Waals surface area (Å²) in [5.41, 5.74) is 0.495. The molecular formula is C15H21BrCl2F2N2O. The highest BCUT2D eigenvalue weighted by Gasteiger charge is 2.33. The van der Waals surface area contributed by atoms with Crippen LogP contribution in [0.25, 0.3) is 0 Å². The second-order valence-corrected chi connectivity index (χ2v) is 6.76. The van der Waals surface area contributed by atoms with Crippen molar-refractivity contribution >= 4 is 40.7 Å². The zero-order chi connectivity index (χ0) is 15.0. The molecule has 0 bridgehead atoms. The van der Waals surface area contributed by atoms with Gasteiger partial charge in [0.15, 0.2) is 11.6 Å². The summed E-state index contributed by atoms with van der Waals surface area (Å²) < 4.78 is 27.5. The molecule has 0 radical (unpaired) electrons. The van der Waals surface area contributed by atoms with E-state index in [2.05, 4.69) is 26.1 Å². The van der Waals surface area contributed by atoms with Gasteiger partial charge >= 0.3 is 0 Å². The zero-order valence-corrected chi connectivity index (χ0v) is 15.7. The maximum Gasteiger partial charge on any atom is 0.201 e. The van der Waals surface area contributed by atoms with Gasteiger partial charge in [0.1, 0.15) is 0 Å². The number of phenols is 1. The van der Waals surface area contributed by atoms with Crippen molar-refractivity contribution < 1.29 is 13.9 Å². The van der Waals surface area contributed by atoms with E-state index in [0.717, 1.165) is 32.6 Å². The molecule has 1 aromatic carbocycles. The van der Waals surface area contributed by atoms with Crippen LogP contribution in [-0.2, 0) is 0 Å². The molecule has 1 saturated carbocycles. The summed E-state index contributed by atoms with van der Waals surface area (Å²) in [6, 6.07) is 1.48. The zero-order valence-electron chi connectivity index (χ0n) is 12.5. The van der Waals surface area contributed by atoms with Crippen molar-refractivity contribution in [3.8, 4) is 5.75 Å². The van der Waals surface area contributed by atoms with Gasteiger partial charge < -0.3 is 10.4 Å². The predicted molar refractivity (Wildman–Crippen MR) is 94.7 cm³/mol. The summed E-state index contributed by atoms with van der Waals surface area (Å²) in [6.07, 6.45) is 3.27. The third kappa shape index (κ3) is 4.69. The topological polar surface area (TPSA) is 35.5 Å². The van der Waals surface area contributed by atoms with Crippen molar-refractivity contribution in [1.29, 1.82) is 0 Å². The minimum Gasteiger partial charge on any atom is -0.505 e. The van der Waals surface area contributed by atoms with E-state index in [9.17, 15) is 13.9 Å². The van der Waals surface area contributed by atoms with Crippen molar-refractivity contribution in [2.75, 3.05) is 26.2 Å². The normalized spacial score (nSPS) is 19.6. The number of hydrogen-bond acceptors (Lipinski definition) is 3. The monoisotopic (exact) mass is 432 g/mol. The van der Waals surface area contributed by atoms with Crippen LogP contribution in [0.4, 0.5) is 8.78 Å². The Morgan fingerprint density at radius 1 is 1.22 bits per heavy atom. The largest absolute Gasteiger partial charge is 0.505 e. The fourth-order valence-electron chi connectivity index (χ4n) is 2.99. The third-order valence-electron chi connectivity index (χ3n) is 4.37. The maximum atomic E-state index is 13.8. The van der Waals surface area contributed by atoms with Crippen LogP contribution < -0.4 is 5.32 Å². The number of piperazine rings is 1. The van der Waals surface area contributed by atoms with Gasteiger partial charge in [-0.2, -0.15) is 4.39 Å². The number of rotatable bonds is 4. The number of nitrogens with one attached hydrogen (secondary N) is 1. The van der Waals surface area contributed by atoms with Crippen LogP contribution >= 0.6 is 40.7 Å². The summed E-state index contributed by atoms with van der Waals surface area (Å²) >= 11 is 3.05. The molecule has 1 aromatic rings. The molecule has 1 aliphatic heterocycles. The van der Waals surface area contributed by atoms with Crippen LogP contribution in [0.3, 0.4) is 0 Å². The van der Waals surface area contributed by atoms with Gasteiger partial charge in [-0.1, -0.05) is 12.8 Å². The molecule has 8 heteroatoms. The molecule has 132 valence electrons. The number of aromatic hydroxyl groups is 1. The first-order valence-corrected chi connectivity index (χ1v) is 8.18. The van der Waals surface area contributed by atoms with Gasteiger partial charge in [-0.3, -0.25) is 4.90 Å². The van der Waals surface area contributed by atoms with Gasteiger partial charge in [0, 0.05) is 37.8 Å². The lowest BCUT2D eigenvalue weighted by Gasteiger charge is -2.35. The van der Waals surface area contributed by atoms with Gasteiger partial charge in [-0.05, 0) is 34.3 Å². The summed E-state index contributed by atoms with van der Waals surface area (Å²) in [5, 5.41) is 13.3. The van der Waals surface area contributed by atoms with E-state index in [0.29, 0.717) is 11.5 Å². The Morgan fingerprint density at radius 3 is 2.39 bits per heavy atom. The number of halogens is 5. The summed E-state index contributed by atoms with van der Waals surface area (Å²) in [7, 11) is 0. The molecule has 0 aromatic heterocycles. The van der Waals surface area contributed by atoms with Crippen molar-refractivity contribution in [3.05, 3.63) is 27.7 Å². The first-order chi connectivity index (χ1) is 10.1. The lowest BCUT2D eigenvalue weighted by atomic mass is 9.97. The molecule has 1 atom stereocenters. The minimum atomic E-state index is -1.16. The van der Waals surface area contributed by atoms with E-state index >= 15 is 0 Å². The molecule has 1 heterocycles. The minimum absolute atomic E-state index is 0. The van der Waals surface area contributed by atoms with Crippen LogP contribution in [0.5, 0.6) is 5.75 Å². The molecule has 0 spiro atoms. The van der Waals surface area contributed by atoms with Gasteiger partial charge in [-0.15, -0.1) is 24.8 Å². The molecule has 0 amide bonds. The van der Waals surface area contributed by atoms with E-state index < -0.39 is 17.4 Å². The number of nitrogens with zero attached hydrogens (tertiary/aromatic N) is 1. The smallest absolute Gasteiger partial charge is 0.201 e. The molecule has 3 rings (SSSR count). The highest BCUT2D eigenvalue weighted by Crippen LogP contribution is 2.44. The number of phenolic OH excluding ortho intramolecular Hbond substituents is 1. The molecule has 3 nitrogen and oxygen atoms in total. The average Bonchev–Trinajstić information content (AvgIpc) is 3.32. The Labute approximate surface area is 155 Å². The number of benzene rings is 1. The van der Waals surface area contributed by atoms with E-state index in [4.69, 9.17) is 0 Å². The van der Waals surface area contributed by atoms with Crippen LogP contribution in [0.15, 0.2) is 10.5 Å². The Kier molecular flexibility index (Phi) is 8.01. The first-order valence-electron chi connectivity index (χ1n) is 7.39. The van der Waals surface area contributed by atoms with Crippen LogP contribution in [-0.4, -0.2) is 36.2 Å². The molecule has 0 unspecified atom stereocenters. The highest BCUT2D eigenvalue weighted by molar-refractivity contribution is 9.10. The Hall–Kier alpha value is -0.140. The lowest BCUT2D eigenvalue weighted by molar-refractivity contribution is 0.157. The fourth-order valence-corrected chi connectivity index (χ4v) is 3.41. The highest BCUT2D eigenvalue weighted by atomic mass is 79.9. The Bertz CT molecular complexity index is 541. The second-order valence-electron chi connectivity index (χ2n) is 5.91. The van der Waals surface area contributed by atoms with Gasteiger partial charge in [0.2, 0.25) is 5.82 Å². The molecular weight excluding hydrogens is 413 g/mol. The van der Waals surface area contributed by atoms with Gasteiger partial charge in [-0.25, -0.2) is 4.39 Å². The maximum absolute atomic E-state index is 13.8. The van der Waals surface area contributed by atoms with Crippen molar-refractivity contribution in [3.63, 3.8) is 0 Å². The standard InChI is InChI=1S/C15H19BrF2N2O.2ClH/c16-11-8-10(15(21)14(18)13(11)17)12(7-9-1-2-9)20-5-3-19-4-6-20;;/h8-9,12,19,21H,1-7H2;2*1H/t12-;;/m0../s1. The van der Waals surface area contributed by atoms with Gasteiger partial charge in [0.25, 0.3) is 0 Å². The second kappa shape index (κ2) is 8.81. The fraction of sp³-hybridized carbons (Fsp3) is 0.600. The summed E-state index contributed by atoms with van der Waals surface area (Å²) in [6.45, 7) is 3.47.